The van der Waals surface area contributed by atoms with Gasteiger partial charge < -0.3 is 5.32 Å². The summed E-state index contributed by atoms with van der Waals surface area (Å²) < 4.78 is 24.8. The molecule has 78 valence electrons. The van der Waals surface area contributed by atoms with Gasteiger partial charge in [0, 0.05) is 31.1 Å². The first-order chi connectivity index (χ1) is 6.17. The van der Waals surface area contributed by atoms with Crippen molar-refractivity contribution in [2.45, 2.75) is 0 Å². The Bertz CT molecular complexity index is 235. The smallest absolute Gasteiger partial charge is 0.215 e. The molecule has 1 heterocycles. The van der Waals surface area contributed by atoms with Crippen molar-refractivity contribution in [1.82, 2.24) is 9.62 Å². The van der Waals surface area contributed by atoms with Crippen molar-refractivity contribution in [3.8, 4) is 0 Å². The molecule has 0 spiro atoms. The molecule has 0 aromatic heterocycles. The van der Waals surface area contributed by atoms with E-state index in [1.165, 1.54) is 0 Å². The fourth-order valence-corrected chi connectivity index (χ4v) is 3.78. The van der Waals surface area contributed by atoms with Gasteiger partial charge in [-0.3, -0.25) is 0 Å². The summed E-state index contributed by atoms with van der Waals surface area (Å²) in [5, 5.41) is 2.85. The molecule has 0 saturated carbocycles. The second kappa shape index (κ2) is 5.19. The second-order valence-corrected chi connectivity index (χ2v) is 6.24. The molecule has 0 atom stereocenters. The van der Waals surface area contributed by atoms with E-state index >= 15 is 0 Å². The highest BCUT2D eigenvalue weighted by Crippen LogP contribution is 2.12. The molecule has 0 aliphatic carbocycles. The summed E-state index contributed by atoms with van der Waals surface area (Å²) in [6.07, 6.45) is 0. The molecule has 0 amide bonds. The van der Waals surface area contributed by atoms with E-state index in [1.807, 2.05) is 11.8 Å². The van der Waals surface area contributed by atoms with Gasteiger partial charge >= 0.3 is 0 Å². The monoisotopic (exact) mass is 224 g/mol. The Morgan fingerprint density at radius 2 is 2.00 bits per heavy atom. The lowest BCUT2D eigenvalue weighted by Crippen LogP contribution is -2.40. The van der Waals surface area contributed by atoms with E-state index in [1.54, 1.807) is 11.4 Å². The van der Waals surface area contributed by atoms with E-state index in [4.69, 9.17) is 0 Å². The van der Waals surface area contributed by atoms with Gasteiger partial charge in [-0.25, -0.2) is 12.7 Å². The van der Waals surface area contributed by atoms with Gasteiger partial charge in [-0.15, -0.1) is 0 Å². The lowest BCUT2D eigenvalue weighted by molar-refractivity contribution is 0.443. The molecule has 0 unspecified atom stereocenters. The molecule has 1 rings (SSSR count). The molecule has 1 N–H and O–H groups in total. The summed E-state index contributed by atoms with van der Waals surface area (Å²) in [6.45, 7) is 1.89. The van der Waals surface area contributed by atoms with Crippen molar-refractivity contribution in [2.75, 3.05) is 43.9 Å². The predicted octanol–water partition coefficient (Wildman–Crippen LogP) is -0.416. The molecule has 4 nitrogen and oxygen atoms in total. The summed E-state index contributed by atoms with van der Waals surface area (Å²) >= 11 is 1.82. The van der Waals surface area contributed by atoms with Crippen LogP contribution in [0.1, 0.15) is 0 Å². The SMILES string of the molecule is CNCCS(=O)(=O)N1CCSCC1. The summed E-state index contributed by atoms with van der Waals surface area (Å²) in [4.78, 5) is 0. The number of rotatable bonds is 4. The minimum absolute atomic E-state index is 0.216. The van der Waals surface area contributed by atoms with Crippen LogP contribution in [-0.4, -0.2) is 56.7 Å². The third kappa shape index (κ3) is 3.46. The van der Waals surface area contributed by atoms with Crippen molar-refractivity contribution < 1.29 is 8.42 Å². The van der Waals surface area contributed by atoms with Crippen LogP contribution >= 0.6 is 11.8 Å². The van der Waals surface area contributed by atoms with Gasteiger partial charge in [0.1, 0.15) is 0 Å². The van der Waals surface area contributed by atoms with E-state index < -0.39 is 10.0 Å². The minimum atomic E-state index is -2.99. The van der Waals surface area contributed by atoms with Gasteiger partial charge in [0.2, 0.25) is 10.0 Å². The standard InChI is InChI=1S/C7H16N2O2S2/c1-8-2-7-13(10,11)9-3-5-12-6-4-9/h8H,2-7H2,1H3. The van der Waals surface area contributed by atoms with Crippen LogP contribution in [0, 0.1) is 0 Å². The minimum Gasteiger partial charge on any atom is -0.319 e. The van der Waals surface area contributed by atoms with Gasteiger partial charge in [0.25, 0.3) is 0 Å². The fraction of sp³-hybridized carbons (Fsp3) is 1.00. The average Bonchev–Trinajstić information content (AvgIpc) is 2.16. The van der Waals surface area contributed by atoms with Gasteiger partial charge in [0.05, 0.1) is 5.75 Å². The first kappa shape index (κ1) is 11.3. The molecule has 1 fully saturated rings. The summed E-state index contributed by atoms with van der Waals surface area (Å²) in [7, 11) is -1.22. The van der Waals surface area contributed by atoms with E-state index in [0.717, 1.165) is 11.5 Å². The number of thioether (sulfide) groups is 1. The van der Waals surface area contributed by atoms with E-state index in [0.29, 0.717) is 19.6 Å². The van der Waals surface area contributed by atoms with Gasteiger partial charge in [-0.2, -0.15) is 11.8 Å². The maximum absolute atomic E-state index is 11.6. The highest BCUT2D eigenvalue weighted by molar-refractivity contribution is 7.99. The number of nitrogens with one attached hydrogen (secondary N) is 1. The molecule has 1 saturated heterocycles. The zero-order valence-corrected chi connectivity index (χ0v) is 9.46. The molecule has 0 bridgehead atoms. The fourth-order valence-electron chi connectivity index (χ4n) is 1.18. The van der Waals surface area contributed by atoms with Crippen molar-refractivity contribution in [1.29, 1.82) is 0 Å². The molecule has 1 aliphatic heterocycles. The Morgan fingerprint density at radius 1 is 1.38 bits per heavy atom. The van der Waals surface area contributed by atoms with Crippen LogP contribution in [0.4, 0.5) is 0 Å². The zero-order valence-electron chi connectivity index (χ0n) is 7.82. The Kier molecular flexibility index (Phi) is 4.51. The van der Waals surface area contributed by atoms with E-state index in [2.05, 4.69) is 5.32 Å². The van der Waals surface area contributed by atoms with Crippen LogP contribution in [-0.2, 0) is 10.0 Å². The van der Waals surface area contributed by atoms with E-state index in [-0.39, 0.29) is 5.75 Å². The number of hydrogen-bond donors (Lipinski definition) is 1. The molecular weight excluding hydrogens is 208 g/mol. The Balaban J connectivity index is 2.47. The Labute approximate surface area is 84.1 Å². The largest absolute Gasteiger partial charge is 0.319 e. The van der Waals surface area contributed by atoms with Crippen LogP contribution in [0.2, 0.25) is 0 Å². The normalized spacial score (nSPS) is 20.4. The van der Waals surface area contributed by atoms with Crippen LogP contribution in [0.3, 0.4) is 0 Å². The van der Waals surface area contributed by atoms with Gasteiger partial charge in [-0.1, -0.05) is 0 Å². The molecular formula is C7H16N2O2S2. The molecule has 13 heavy (non-hydrogen) atoms. The molecule has 0 radical (unpaired) electrons. The zero-order chi connectivity index (χ0) is 9.73. The molecule has 1 aliphatic rings. The second-order valence-electron chi connectivity index (χ2n) is 2.93. The van der Waals surface area contributed by atoms with Crippen LogP contribution < -0.4 is 5.32 Å². The van der Waals surface area contributed by atoms with Gasteiger partial charge in [-0.05, 0) is 7.05 Å². The summed E-state index contributed by atoms with van der Waals surface area (Å²) in [6, 6.07) is 0. The summed E-state index contributed by atoms with van der Waals surface area (Å²) in [5.41, 5.74) is 0. The van der Waals surface area contributed by atoms with Crippen molar-refractivity contribution in [2.24, 2.45) is 0 Å². The maximum atomic E-state index is 11.6. The number of hydrogen-bond acceptors (Lipinski definition) is 4. The first-order valence-corrected chi connectivity index (χ1v) is 7.13. The van der Waals surface area contributed by atoms with Crippen molar-refractivity contribution >= 4 is 21.8 Å². The number of nitrogens with zero attached hydrogens (tertiary/aromatic N) is 1. The Hall–Kier alpha value is 0.220. The number of sulfonamides is 1. The predicted molar refractivity (Wildman–Crippen MR) is 56.6 cm³/mol. The van der Waals surface area contributed by atoms with Crippen molar-refractivity contribution in [3.05, 3.63) is 0 Å². The molecule has 0 aromatic carbocycles. The lowest BCUT2D eigenvalue weighted by atomic mass is 10.6. The highest BCUT2D eigenvalue weighted by Gasteiger charge is 2.22. The average molecular weight is 224 g/mol. The quantitative estimate of drug-likeness (QED) is 0.705. The lowest BCUT2D eigenvalue weighted by Gasteiger charge is -2.25. The third-order valence-corrected chi connectivity index (χ3v) is 4.79. The third-order valence-electron chi connectivity index (χ3n) is 1.97. The van der Waals surface area contributed by atoms with E-state index in [9.17, 15) is 8.42 Å². The maximum Gasteiger partial charge on any atom is 0.215 e. The first-order valence-electron chi connectivity index (χ1n) is 4.37. The van der Waals surface area contributed by atoms with Crippen LogP contribution in [0.25, 0.3) is 0 Å². The molecule has 0 aromatic rings. The van der Waals surface area contributed by atoms with Gasteiger partial charge in [0.15, 0.2) is 0 Å². The topological polar surface area (TPSA) is 49.4 Å². The van der Waals surface area contributed by atoms with Crippen LogP contribution in [0.5, 0.6) is 0 Å². The van der Waals surface area contributed by atoms with Crippen molar-refractivity contribution in [3.63, 3.8) is 0 Å². The highest BCUT2D eigenvalue weighted by atomic mass is 32.2. The van der Waals surface area contributed by atoms with Crippen LogP contribution in [0.15, 0.2) is 0 Å². The Morgan fingerprint density at radius 3 is 2.54 bits per heavy atom. The summed E-state index contributed by atoms with van der Waals surface area (Å²) in [5.74, 6) is 2.08. The molecule has 6 heteroatoms.